The number of aromatic amines is 2. The highest BCUT2D eigenvalue weighted by Gasteiger charge is 2.13. The molecule has 3 heterocycles. The first-order valence-corrected chi connectivity index (χ1v) is 9.05. The summed E-state index contributed by atoms with van der Waals surface area (Å²) in [4.78, 5) is 36.5. The molecule has 0 fully saturated rings. The fourth-order valence-electron chi connectivity index (χ4n) is 2.67. The first-order valence-electron chi connectivity index (χ1n) is 8.06. The second-order valence-electron chi connectivity index (χ2n) is 5.91. The van der Waals surface area contributed by atoms with Crippen LogP contribution in [0.25, 0.3) is 16.7 Å². The van der Waals surface area contributed by atoms with Gasteiger partial charge in [0.05, 0.1) is 5.69 Å². The normalized spacial score (nSPS) is 11.2. The number of hydrogen-bond donors (Lipinski definition) is 2. The van der Waals surface area contributed by atoms with E-state index in [9.17, 15) is 14.0 Å². The summed E-state index contributed by atoms with van der Waals surface area (Å²) >= 11 is 1.38. The van der Waals surface area contributed by atoms with Gasteiger partial charge in [0.1, 0.15) is 16.9 Å². The van der Waals surface area contributed by atoms with Crippen LogP contribution in [0.2, 0.25) is 0 Å². The second kappa shape index (κ2) is 6.84. The summed E-state index contributed by atoms with van der Waals surface area (Å²) in [5.41, 5.74) is 1.38. The lowest BCUT2D eigenvalue weighted by atomic mass is 10.3. The van der Waals surface area contributed by atoms with Crippen LogP contribution in [0.4, 0.5) is 4.39 Å². The van der Waals surface area contributed by atoms with Crippen molar-refractivity contribution in [2.24, 2.45) is 0 Å². The summed E-state index contributed by atoms with van der Waals surface area (Å²) < 4.78 is 14.3. The van der Waals surface area contributed by atoms with Crippen LogP contribution in [-0.2, 0) is 5.75 Å². The SMILES string of the molecule is Cc1ccnc(SCc2cc(=O)c3c(=O)n(-c4ccc(F)cc4)[nH]c3[nH]2)n1. The van der Waals surface area contributed by atoms with Gasteiger partial charge in [-0.2, -0.15) is 0 Å². The Bertz CT molecular complexity index is 1240. The molecule has 1 aromatic carbocycles. The number of benzene rings is 1. The number of nitrogens with zero attached hydrogens (tertiary/aromatic N) is 3. The van der Waals surface area contributed by atoms with E-state index in [1.165, 1.54) is 46.8 Å². The average Bonchev–Trinajstić information content (AvgIpc) is 2.98. The van der Waals surface area contributed by atoms with E-state index in [1.807, 2.05) is 6.92 Å². The number of thioether (sulfide) groups is 1. The van der Waals surface area contributed by atoms with Gasteiger partial charge < -0.3 is 4.98 Å². The Balaban J connectivity index is 1.70. The Kier molecular flexibility index (Phi) is 4.36. The fraction of sp³-hybridized carbons (Fsp3) is 0.111. The Morgan fingerprint density at radius 3 is 2.70 bits per heavy atom. The quantitative estimate of drug-likeness (QED) is 0.417. The summed E-state index contributed by atoms with van der Waals surface area (Å²) in [6.07, 6.45) is 1.68. The predicted molar refractivity (Wildman–Crippen MR) is 101 cm³/mol. The molecule has 0 aliphatic heterocycles. The molecule has 0 aliphatic rings. The lowest BCUT2D eigenvalue weighted by Crippen LogP contribution is -2.18. The zero-order valence-electron chi connectivity index (χ0n) is 14.2. The maximum atomic E-state index is 13.1. The molecule has 0 atom stereocenters. The maximum absolute atomic E-state index is 13.1. The molecule has 3 aromatic heterocycles. The van der Waals surface area contributed by atoms with Gasteiger partial charge in [-0.15, -0.1) is 0 Å². The molecule has 2 N–H and O–H groups in total. The van der Waals surface area contributed by atoms with Crippen molar-refractivity contribution in [3.8, 4) is 5.69 Å². The smallest absolute Gasteiger partial charge is 0.284 e. The Labute approximate surface area is 156 Å². The Morgan fingerprint density at radius 1 is 1.19 bits per heavy atom. The molecule has 0 saturated carbocycles. The highest BCUT2D eigenvalue weighted by Crippen LogP contribution is 2.18. The topological polar surface area (TPSA) is 96.4 Å². The molecule has 0 spiro atoms. The van der Waals surface area contributed by atoms with E-state index in [4.69, 9.17) is 0 Å². The van der Waals surface area contributed by atoms with Crippen molar-refractivity contribution in [3.63, 3.8) is 0 Å². The third-order valence-electron chi connectivity index (χ3n) is 3.94. The third-order valence-corrected chi connectivity index (χ3v) is 4.85. The van der Waals surface area contributed by atoms with Gasteiger partial charge in [-0.1, -0.05) is 11.8 Å². The van der Waals surface area contributed by atoms with Crippen molar-refractivity contribution in [1.29, 1.82) is 0 Å². The lowest BCUT2D eigenvalue weighted by molar-refractivity contribution is 0.627. The van der Waals surface area contributed by atoms with Crippen molar-refractivity contribution in [2.45, 2.75) is 17.8 Å². The predicted octanol–water partition coefficient (Wildman–Crippen LogP) is 2.54. The zero-order chi connectivity index (χ0) is 19.0. The summed E-state index contributed by atoms with van der Waals surface area (Å²) in [6.45, 7) is 1.88. The standard InChI is InChI=1S/C18H14FN5O2S/c1-10-6-7-20-18(21-10)27-9-12-8-14(25)15-16(22-12)23-24(17(15)26)13-4-2-11(19)3-5-13/h2-8H,9H2,1H3,(H2,22,23,25). The summed E-state index contributed by atoms with van der Waals surface area (Å²) in [6, 6.07) is 8.62. The molecular formula is C18H14FN5O2S. The molecule has 4 rings (SSSR count). The number of rotatable bonds is 4. The van der Waals surface area contributed by atoms with E-state index in [2.05, 4.69) is 20.1 Å². The molecule has 0 bridgehead atoms. The van der Waals surface area contributed by atoms with Gasteiger partial charge >= 0.3 is 0 Å². The van der Waals surface area contributed by atoms with Crippen molar-refractivity contribution in [1.82, 2.24) is 24.7 Å². The van der Waals surface area contributed by atoms with Crippen LogP contribution >= 0.6 is 11.8 Å². The molecule has 0 aliphatic carbocycles. The number of fused-ring (bicyclic) bond motifs is 1. The molecule has 9 heteroatoms. The van der Waals surface area contributed by atoms with Crippen molar-refractivity contribution < 1.29 is 4.39 Å². The molecule has 0 unspecified atom stereocenters. The van der Waals surface area contributed by atoms with E-state index < -0.39 is 11.4 Å². The first-order chi connectivity index (χ1) is 13.0. The van der Waals surface area contributed by atoms with Crippen molar-refractivity contribution >= 4 is 22.8 Å². The van der Waals surface area contributed by atoms with Gasteiger partial charge in [-0.05, 0) is 37.3 Å². The second-order valence-corrected chi connectivity index (χ2v) is 6.85. The van der Waals surface area contributed by atoms with E-state index in [0.29, 0.717) is 27.9 Å². The molecular weight excluding hydrogens is 369 g/mol. The minimum atomic E-state index is -0.487. The molecule has 0 amide bonds. The molecule has 0 saturated heterocycles. The number of H-pyrrole nitrogens is 2. The van der Waals surface area contributed by atoms with Crippen molar-refractivity contribution in [2.75, 3.05) is 0 Å². The van der Waals surface area contributed by atoms with Gasteiger partial charge in [0.2, 0.25) is 0 Å². The molecule has 7 nitrogen and oxygen atoms in total. The fourth-order valence-corrected chi connectivity index (χ4v) is 3.45. The third kappa shape index (κ3) is 3.41. The van der Waals surface area contributed by atoms with Crippen LogP contribution in [-0.4, -0.2) is 24.7 Å². The summed E-state index contributed by atoms with van der Waals surface area (Å²) in [5, 5.41) is 3.51. The highest BCUT2D eigenvalue weighted by atomic mass is 32.2. The lowest BCUT2D eigenvalue weighted by Gasteiger charge is -2.02. The summed E-state index contributed by atoms with van der Waals surface area (Å²) in [5.74, 6) is 0.0370. The maximum Gasteiger partial charge on any atom is 0.284 e. The van der Waals surface area contributed by atoms with Crippen LogP contribution in [0, 0.1) is 12.7 Å². The number of hydrogen-bond acceptors (Lipinski definition) is 5. The molecule has 4 aromatic rings. The average molecular weight is 383 g/mol. The Morgan fingerprint density at radius 2 is 1.96 bits per heavy atom. The van der Waals surface area contributed by atoms with Crippen LogP contribution in [0.15, 0.2) is 57.3 Å². The van der Waals surface area contributed by atoms with Gasteiger partial charge in [-0.25, -0.2) is 19.0 Å². The van der Waals surface area contributed by atoms with Gasteiger partial charge in [0, 0.05) is 29.4 Å². The number of halogens is 1. The molecule has 27 heavy (non-hydrogen) atoms. The van der Waals surface area contributed by atoms with Crippen molar-refractivity contribution in [3.05, 3.63) is 80.4 Å². The van der Waals surface area contributed by atoms with E-state index in [-0.39, 0.29) is 10.8 Å². The van der Waals surface area contributed by atoms with E-state index in [1.54, 1.807) is 12.3 Å². The number of nitrogens with one attached hydrogen (secondary N) is 2. The number of aromatic nitrogens is 5. The van der Waals surface area contributed by atoms with Crippen LogP contribution < -0.4 is 11.0 Å². The van der Waals surface area contributed by atoms with E-state index >= 15 is 0 Å². The van der Waals surface area contributed by atoms with Crippen LogP contribution in [0.5, 0.6) is 0 Å². The zero-order valence-corrected chi connectivity index (χ0v) is 15.0. The van der Waals surface area contributed by atoms with Crippen LogP contribution in [0.3, 0.4) is 0 Å². The minimum Gasteiger partial charge on any atom is -0.343 e. The van der Waals surface area contributed by atoms with Gasteiger partial charge in [0.25, 0.3) is 5.56 Å². The molecule has 0 radical (unpaired) electrons. The van der Waals surface area contributed by atoms with Gasteiger partial charge in [-0.3, -0.25) is 14.7 Å². The molecule has 136 valence electrons. The minimum absolute atomic E-state index is 0.0277. The monoisotopic (exact) mass is 383 g/mol. The number of aryl methyl sites for hydroxylation is 1. The van der Waals surface area contributed by atoms with E-state index in [0.717, 1.165) is 5.69 Å². The largest absolute Gasteiger partial charge is 0.343 e. The van der Waals surface area contributed by atoms with Gasteiger partial charge in [0.15, 0.2) is 10.6 Å². The summed E-state index contributed by atoms with van der Waals surface area (Å²) in [7, 11) is 0. The van der Waals surface area contributed by atoms with Crippen LogP contribution in [0.1, 0.15) is 11.4 Å². The Hall–Kier alpha value is -3.20. The highest BCUT2D eigenvalue weighted by molar-refractivity contribution is 7.98. The first kappa shape index (κ1) is 17.2. The number of pyridine rings is 1.